The van der Waals surface area contributed by atoms with E-state index in [4.69, 9.17) is 10.2 Å². The Balaban J connectivity index is 2.50. The van der Waals surface area contributed by atoms with E-state index in [9.17, 15) is 13.6 Å². The Labute approximate surface area is 129 Å². The van der Waals surface area contributed by atoms with Gasteiger partial charge in [0.1, 0.15) is 16.7 Å². The zero-order valence-electron chi connectivity index (χ0n) is 12.1. The van der Waals surface area contributed by atoms with E-state index in [0.29, 0.717) is 22.2 Å². The monoisotopic (exact) mass is 319 g/mol. The first-order valence-corrected chi connectivity index (χ1v) is 7.60. The number of carbonyl (C=O) groups excluding carboxylic acids is 1. The summed E-state index contributed by atoms with van der Waals surface area (Å²) in [5.41, 5.74) is 7.28. The minimum atomic E-state index is -2.22. The van der Waals surface area contributed by atoms with Gasteiger partial charge in [0, 0.05) is 16.8 Å². The predicted octanol–water partition coefficient (Wildman–Crippen LogP) is 2.39. The minimum absolute atomic E-state index is 0.204. The highest BCUT2D eigenvalue weighted by atomic mass is 32.2. The third-order valence-corrected chi connectivity index (χ3v) is 4.72. The molecule has 1 atom stereocenters. The molecule has 0 bridgehead atoms. The summed E-state index contributed by atoms with van der Waals surface area (Å²) in [5.74, 6) is -0.663. The lowest BCUT2D eigenvalue weighted by atomic mass is 10.0. The van der Waals surface area contributed by atoms with Gasteiger partial charge in [0.25, 0.3) is 5.91 Å². The Bertz CT molecular complexity index is 930. The fourth-order valence-corrected chi connectivity index (χ4v) is 2.91. The fourth-order valence-electron chi connectivity index (χ4n) is 2.59. The van der Waals surface area contributed by atoms with Gasteiger partial charge in [-0.15, -0.1) is 0 Å². The van der Waals surface area contributed by atoms with Crippen LogP contribution in [0.1, 0.15) is 10.4 Å². The molecule has 1 unspecified atom stereocenters. The van der Waals surface area contributed by atoms with Crippen molar-refractivity contribution >= 4 is 44.8 Å². The molecule has 0 spiro atoms. The van der Waals surface area contributed by atoms with Gasteiger partial charge in [-0.25, -0.2) is 0 Å². The fraction of sp³-hybridized carbons (Fsp3) is 0.133. The van der Waals surface area contributed by atoms with Crippen molar-refractivity contribution in [1.82, 2.24) is 3.89 Å². The molecular formula is C15H15N2O4S+. The van der Waals surface area contributed by atoms with Crippen molar-refractivity contribution in [2.75, 3.05) is 14.1 Å². The maximum absolute atomic E-state index is 12.0. The van der Waals surface area contributed by atoms with E-state index < -0.39 is 21.1 Å². The van der Waals surface area contributed by atoms with Gasteiger partial charge in [-0.2, -0.15) is 8.10 Å². The van der Waals surface area contributed by atoms with Gasteiger partial charge in [0.15, 0.2) is 5.69 Å². The van der Waals surface area contributed by atoms with E-state index in [1.807, 2.05) is 18.2 Å². The van der Waals surface area contributed by atoms with E-state index in [-0.39, 0.29) is 5.56 Å². The smallest absolute Gasteiger partial charge is 0.363 e. The third-order valence-electron chi connectivity index (χ3n) is 3.74. The molecule has 1 heterocycles. The molecule has 0 radical (unpaired) electrons. The van der Waals surface area contributed by atoms with Crippen molar-refractivity contribution in [1.29, 1.82) is 0 Å². The molecule has 1 aromatic heterocycles. The summed E-state index contributed by atoms with van der Waals surface area (Å²) >= 11 is -2.22. The quantitative estimate of drug-likeness (QED) is 0.572. The molecule has 0 aliphatic rings. The van der Waals surface area contributed by atoms with Crippen molar-refractivity contribution in [2.45, 2.75) is 0 Å². The molecule has 3 aromatic rings. The van der Waals surface area contributed by atoms with Crippen molar-refractivity contribution in [3.63, 3.8) is 0 Å². The van der Waals surface area contributed by atoms with E-state index >= 15 is 0 Å². The maximum Gasteiger partial charge on any atom is 0.363 e. The average molecular weight is 319 g/mol. The topological polar surface area (TPSA) is 93.5 Å². The standard InChI is InChI=1S/C15H14N2O4S/c1-17(2,22(19)20)10-7-8-12-13(14(10)15(16)18)9-5-3-4-6-11(9)21-12/h3-8H,1-2H3,(H2-,16,18,19,20)/p+1. The van der Waals surface area contributed by atoms with E-state index in [1.54, 1.807) is 18.2 Å². The molecule has 1 amide bonds. The molecule has 0 fully saturated rings. The number of nitrogens with zero attached hydrogens (tertiary/aromatic N) is 1. The van der Waals surface area contributed by atoms with Crippen LogP contribution in [0.2, 0.25) is 0 Å². The van der Waals surface area contributed by atoms with Gasteiger partial charge in [-0.05, 0) is 12.1 Å². The SMILES string of the molecule is C[N+](C)(c1ccc2oc3ccccc3c2c1C(N)=O)S(=O)O. The van der Waals surface area contributed by atoms with Crippen LogP contribution in [-0.2, 0) is 11.3 Å². The number of furan rings is 1. The Hall–Kier alpha value is -2.22. The summed E-state index contributed by atoms with van der Waals surface area (Å²) in [4.78, 5) is 12.0. The first-order valence-electron chi connectivity index (χ1n) is 6.54. The first-order chi connectivity index (χ1) is 10.3. The summed E-state index contributed by atoms with van der Waals surface area (Å²) in [6.45, 7) is 0. The number of primary amides is 1. The summed E-state index contributed by atoms with van der Waals surface area (Å²) in [5, 5.41) is 1.31. The number of benzene rings is 2. The molecule has 2 aromatic carbocycles. The zero-order chi connectivity index (χ0) is 16.1. The van der Waals surface area contributed by atoms with Crippen molar-refractivity contribution < 1.29 is 18.0 Å². The number of fused-ring (bicyclic) bond motifs is 3. The zero-order valence-corrected chi connectivity index (χ0v) is 12.9. The van der Waals surface area contributed by atoms with Crippen LogP contribution in [0.25, 0.3) is 21.9 Å². The van der Waals surface area contributed by atoms with Crippen LogP contribution < -0.4 is 9.62 Å². The molecule has 114 valence electrons. The molecule has 0 saturated heterocycles. The number of carbonyl (C=O) groups is 1. The number of hydrogen-bond acceptors (Lipinski definition) is 3. The number of amides is 1. The molecule has 22 heavy (non-hydrogen) atoms. The Morgan fingerprint density at radius 1 is 1.18 bits per heavy atom. The van der Waals surface area contributed by atoms with Crippen LogP contribution in [0, 0.1) is 0 Å². The lowest BCUT2D eigenvalue weighted by Gasteiger charge is -2.24. The Kier molecular flexibility index (Phi) is 3.28. The molecule has 0 saturated carbocycles. The van der Waals surface area contributed by atoms with E-state index in [2.05, 4.69) is 0 Å². The molecule has 0 aliphatic carbocycles. The van der Waals surface area contributed by atoms with Gasteiger partial charge < -0.3 is 10.2 Å². The minimum Gasteiger partial charge on any atom is -0.456 e. The summed E-state index contributed by atoms with van der Waals surface area (Å²) in [6.07, 6.45) is 0. The maximum atomic E-state index is 12.0. The molecule has 0 aliphatic heterocycles. The Morgan fingerprint density at radius 3 is 2.50 bits per heavy atom. The van der Waals surface area contributed by atoms with E-state index in [1.165, 1.54) is 14.1 Å². The number of quaternary nitrogens is 1. The van der Waals surface area contributed by atoms with Crippen LogP contribution in [0.5, 0.6) is 0 Å². The van der Waals surface area contributed by atoms with Crippen LogP contribution in [0.3, 0.4) is 0 Å². The predicted molar refractivity (Wildman–Crippen MR) is 86.7 cm³/mol. The van der Waals surface area contributed by atoms with Crippen LogP contribution in [0.15, 0.2) is 40.8 Å². The van der Waals surface area contributed by atoms with Crippen molar-refractivity contribution in [3.8, 4) is 0 Å². The lowest BCUT2D eigenvalue weighted by molar-refractivity contribution is 0.100. The second-order valence-electron chi connectivity index (χ2n) is 5.38. The van der Waals surface area contributed by atoms with Crippen molar-refractivity contribution in [2.24, 2.45) is 5.73 Å². The summed E-state index contributed by atoms with van der Waals surface area (Å²) < 4.78 is 26.5. The van der Waals surface area contributed by atoms with Gasteiger partial charge in [-0.1, -0.05) is 18.2 Å². The average Bonchev–Trinajstić information content (AvgIpc) is 2.84. The second-order valence-corrected chi connectivity index (χ2v) is 6.75. The first kappa shape index (κ1) is 14.7. The van der Waals surface area contributed by atoms with Gasteiger partial charge in [0.2, 0.25) is 0 Å². The normalized spacial score (nSPS) is 13.6. The van der Waals surface area contributed by atoms with Crippen LogP contribution in [-0.4, -0.2) is 28.8 Å². The Morgan fingerprint density at radius 2 is 1.86 bits per heavy atom. The summed E-state index contributed by atoms with van der Waals surface area (Å²) in [7, 11) is 3.07. The van der Waals surface area contributed by atoms with E-state index in [0.717, 1.165) is 5.39 Å². The number of hydrogen-bond donors (Lipinski definition) is 2. The van der Waals surface area contributed by atoms with Crippen LogP contribution in [0.4, 0.5) is 5.69 Å². The van der Waals surface area contributed by atoms with Gasteiger partial charge in [0.05, 0.1) is 14.1 Å². The number of rotatable bonds is 3. The summed E-state index contributed by atoms with van der Waals surface area (Å²) in [6, 6.07) is 10.6. The third kappa shape index (κ3) is 2.02. The van der Waals surface area contributed by atoms with Gasteiger partial charge in [-0.3, -0.25) is 9.35 Å². The highest BCUT2D eigenvalue weighted by Gasteiger charge is 2.33. The number of para-hydroxylation sites is 1. The second kappa shape index (κ2) is 4.91. The van der Waals surface area contributed by atoms with Crippen molar-refractivity contribution in [3.05, 3.63) is 42.0 Å². The molecule has 6 nitrogen and oxygen atoms in total. The lowest BCUT2D eigenvalue weighted by Crippen LogP contribution is -2.43. The molecule has 3 rings (SSSR count). The van der Waals surface area contributed by atoms with Gasteiger partial charge >= 0.3 is 11.3 Å². The molecule has 3 N–H and O–H groups in total. The van der Waals surface area contributed by atoms with Crippen LogP contribution >= 0.6 is 0 Å². The molecule has 7 heteroatoms. The highest BCUT2D eigenvalue weighted by molar-refractivity contribution is 7.78. The highest BCUT2D eigenvalue weighted by Crippen LogP contribution is 2.37. The number of nitrogens with two attached hydrogens (primary N) is 1. The molecular weight excluding hydrogens is 304 g/mol. The largest absolute Gasteiger partial charge is 0.456 e.